The van der Waals surface area contributed by atoms with E-state index in [9.17, 15) is 0 Å². The molecule has 0 aliphatic carbocycles. The molecular formula is C15H17N3S. The molecule has 0 unspecified atom stereocenters. The smallest absolute Gasteiger partial charge is 0.103 e. The van der Waals surface area contributed by atoms with Gasteiger partial charge in [-0.2, -0.15) is 0 Å². The number of nitrogens with two attached hydrogens (primary N) is 1. The molecule has 2 rings (SSSR count). The zero-order chi connectivity index (χ0) is 13.8. The van der Waals surface area contributed by atoms with E-state index in [2.05, 4.69) is 9.88 Å². The van der Waals surface area contributed by atoms with Crippen molar-refractivity contribution in [3.63, 3.8) is 0 Å². The summed E-state index contributed by atoms with van der Waals surface area (Å²) in [4.78, 5) is 7.07. The van der Waals surface area contributed by atoms with Gasteiger partial charge in [-0.1, -0.05) is 18.3 Å². The molecule has 1 aromatic carbocycles. The minimum Gasteiger partial charge on any atom is -0.389 e. The van der Waals surface area contributed by atoms with E-state index in [0.29, 0.717) is 4.99 Å². The van der Waals surface area contributed by atoms with Crippen LogP contribution < -0.4 is 10.6 Å². The lowest BCUT2D eigenvalue weighted by molar-refractivity contribution is 0.877. The molecule has 0 fully saturated rings. The lowest BCUT2D eigenvalue weighted by Crippen LogP contribution is -2.17. The highest BCUT2D eigenvalue weighted by Gasteiger charge is 2.04. The zero-order valence-electron chi connectivity index (χ0n) is 11.1. The average Bonchev–Trinajstić information content (AvgIpc) is 2.39. The summed E-state index contributed by atoms with van der Waals surface area (Å²) in [5, 5.41) is 0. The number of pyridine rings is 1. The number of benzene rings is 1. The Morgan fingerprint density at radius 1 is 1.21 bits per heavy atom. The first kappa shape index (κ1) is 13.5. The second-order valence-corrected chi connectivity index (χ2v) is 4.98. The molecule has 0 atom stereocenters. The van der Waals surface area contributed by atoms with Crippen molar-refractivity contribution in [3.05, 3.63) is 59.4 Å². The Morgan fingerprint density at radius 3 is 2.47 bits per heavy atom. The van der Waals surface area contributed by atoms with Crippen molar-refractivity contribution >= 4 is 22.9 Å². The third kappa shape index (κ3) is 3.51. The van der Waals surface area contributed by atoms with Crippen molar-refractivity contribution in [2.24, 2.45) is 5.73 Å². The maximum Gasteiger partial charge on any atom is 0.103 e. The SMILES string of the molecule is Cc1cccc(CN(C)c2ccc(C(N)=S)cc2)n1. The molecule has 0 saturated carbocycles. The van der Waals surface area contributed by atoms with Crippen molar-refractivity contribution in [1.82, 2.24) is 4.98 Å². The third-order valence-electron chi connectivity index (χ3n) is 2.94. The van der Waals surface area contributed by atoms with Crippen molar-refractivity contribution in [1.29, 1.82) is 0 Å². The first-order valence-corrected chi connectivity index (χ1v) is 6.50. The highest BCUT2D eigenvalue weighted by atomic mass is 32.1. The van der Waals surface area contributed by atoms with Gasteiger partial charge in [-0.25, -0.2) is 0 Å². The van der Waals surface area contributed by atoms with E-state index in [1.165, 1.54) is 0 Å². The number of rotatable bonds is 4. The fourth-order valence-corrected chi connectivity index (χ4v) is 2.04. The summed E-state index contributed by atoms with van der Waals surface area (Å²) in [5.74, 6) is 0. The summed E-state index contributed by atoms with van der Waals surface area (Å²) < 4.78 is 0. The highest BCUT2D eigenvalue weighted by molar-refractivity contribution is 7.80. The molecule has 0 amide bonds. The number of thiocarbonyl (C=S) groups is 1. The molecule has 98 valence electrons. The molecule has 0 spiro atoms. The van der Waals surface area contributed by atoms with Gasteiger partial charge in [-0.15, -0.1) is 0 Å². The van der Waals surface area contributed by atoms with Crippen molar-refractivity contribution in [3.8, 4) is 0 Å². The van der Waals surface area contributed by atoms with E-state index in [4.69, 9.17) is 18.0 Å². The van der Waals surface area contributed by atoms with Gasteiger partial charge in [0.1, 0.15) is 4.99 Å². The normalized spacial score (nSPS) is 10.2. The molecule has 0 bridgehead atoms. The van der Waals surface area contributed by atoms with Crippen LogP contribution in [-0.2, 0) is 6.54 Å². The van der Waals surface area contributed by atoms with Gasteiger partial charge in [0.25, 0.3) is 0 Å². The monoisotopic (exact) mass is 271 g/mol. The fourth-order valence-electron chi connectivity index (χ4n) is 1.90. The van der Waals surface area contributed by atoms with Crippen LogP contribution in [0.5, 0.6) is 0 Å². The van der Waals surface area contributed by atoms with Crippen LogP contribution >= 0.6 is 12.2 Å². The van der Waals surface area contributed by atoms with Crippen LogP contribution in [0.15, 0.2) is 42.5 Å². The molecule has 19 heavy (non-hydrogen) atoms. The van der Waals surface area contributed by atoms with Gasteiger partial charge in [0.15, 0.2) is 0 Å². The molecule has 2 aromatic rings. The number of anilines is 1. The van der Waals surface area contributed by atoms with E-state index < -0.39 is 0 Å². The van der Waals surface area contributed by atoms with Gasteiger partial charge < -0.3 is 10.6 Å². The quantitative estimate of drug-likeness (QED) is 0.868. The van der Waals surface area contributed by atoms with Crippen LogP contribution in [0.3, 0.4) is 0 Å². The summed E-state index contributed by atoms with van der Waals surface area (Å²) in [7, 11) is 2.04. The second-order valence-electron chi connectivity index (χ2n) is 4.54. The molecule has 1 aromatic heterocycles. The lowest BCUT2D eigenvalue weighted by atomic mass is 10.2. The number of hydrogen-bond donors (Lipinski definition) is 1. The molecule has 2 N–H and O–H groups in total. The van der Waals surface area contributed by atoms with Crippen molar-refractivity contribution < 1.29 is 0 Å². The highest BCUT2D eigenvalue weighted by Crippen LogP contribution is 2.16. The van der Waals surface area contributed by atoms with Gasteiger partial charge in [-0.05, 0) is 43.3 Å². The Kier molecular flexibility index (Phi) is 4.12. The molecule has 3 nitrogen and oxygen atoms in total. The van der Waals surface area contributed by atoms with Crippen LogP contribution in [0.4, 0.5) is 5.69 Å². The van der Waals surface area contributed by atoms with Crippen LogP contribution in [0.25, 0.3) is 0 Å². The zero-order valence-corrected chi connectivity index (χ0v) is 11.9. The summed E-state index contributed by atoms with van der Waals surface area (Å²) in [5.41, 5.74) is 9.68. The van der Waals surface area contributed by atoms with Crippen LogP contribution in [0.1, 0.15) is 17.0 Å². The van der Waals surface area contributed by atoms with Crippen LogP contribution in [0.2, 0.25) is 0 Å². The summed E-state index contributed by atoms with van der Waals surface area (Å²) in [6, 6.07) is 14.0. The van der Waals surface area contributed by atoms with E-state index in [0.717, 1.165) is 29.2 Å². The minimum atomic E-state index is 0.426. The van der Waals surface area contributed by atoms with Gasteiger partial charge in [0.05, 0.1) is 12.2 Å². The standard InChI is InChI=1S/C15H17N3S/c1-11-4-3-5-13(17-11)10-18(2)14-8-6-12(7-9-14)15(16)19/h3-9H,10H2,1-2H3,(H2,16,19). The Labute approximate surface area is 119 Å². The molecular weight excluding hydrogens is 254 g/mol. The van der Waals surface area contributed by atoms with Crippen molar-refractivity contribution in [2.75, 3.05) is 11.9 Å². The topological polar surface area (TPSA) is 42.1 Å². The van der Waals surface area contributed by atoms with Gasteiger partial charge >= 0.3 is 0 Å². The van der Waals surface area contributed by atoms with Gasteiger partial charge in [0, 0.05) is 24.0 Å². The minimum absolute atomic E-state index is 0.426. The van der Waals surface area contributed by atoms with Crippen LogP contribution in [-0.4, -0.2) is 17.0 Å². The maximum absolute atomic E-state index is 5.59. The molecule has 0 radical (unpaired) electrons. The van der Waals surface area contributed by atoms with E-state index in [1.54, 1.807) is 0 Å². The molecule has 0 aliphatic rings. The van der Waals surface area contributed by atoms with Gasteiger partial charge in [0.2, 0.25) is 0 Å². The Balaban J connectivity index is 2.11. The van der Waals surface area contributed by atoms with Crippen LogP contribution in [0, 0.1) is 6.92 Å². The number of hydrogen-bond acceptors (Lipinski definition) is 3. The lowest BCUT2D eigenvalue weighted by Gasteiger charge is -2.19. The molecule has 4 heteroatoms. The van der Waals surface area contributed by atoms with E-state index >= 15 is 0 Å². The number of nitrogens with zero attached hydrogens (tertiary/aromatic N) is 2. The predicted octanol–water partition coefficient (Wildman–Crippen LogP) is 2.66. The Hall–Kier alpha value is -1.94. The van der Waals surface area contributed by atoms with Crippen molar-refractivity contribution in [2.45, 2.75) is 13.5 Å². The Bertz CT molecular complexity index is 578. The van der Waals surface area contributed by atoms with Gasteiger partial charge in [-0.3, -0.25) is 4.98 Å². The third-order valence-corrected chi connectivity index (χ3v) is 3.17. The van der Waals surface area contributed by atoms with E-state index in [1.807, 2.05) is 56.4 Å². The largest absolute Gasteiger partial charge is 0.389 e. The van der Waals surface area contributed by atoms with E-state index in [-0.39, 0.29) is 0 Å². The number of aryl methyl sites for hydroxylation is 1. The maximum atomic E-state index is 5.59. The average molecular weight is 271 g/mol. The summed E-state index contributed by atoms with van der Waals surface area (Å²) >= 11 is 4.94. The summed E-state index contributed by atoms with van der Waals surface area (Å²) in [6.45, 7) is 2.77. The first-order valence-electron chi connectivity index (χ1n) is 6.10. The predicted molar refractivity (Wildman–Crippen MR) is 83.4 cm³/mol. The Morgan fingerprint density at radius 2 is 1.89 bits per heavy atom. The fraction of sp³-hybridized carbons (Fsp3) is 0.200. The molecule has 0 saturated heterocycles. The first-order chi connectivity index (χ1) is 9.06. The molecule has 0 aliphatic heterocycles. The second kappa shape index (κ2) is 5.80. The number of aromatic nitrogens is 1. The molecule has 1 heterocycles. The summed E-state index contributed by atoms with van der Waals surface area (Å²) in [6.07, 6.45) is 0.